The Bertz CT molecular complexity index is 683. The Morgan fingerprint density at radius 3 is 2.95 bits per heavy atom. The molecule has 9 bridgehead atoms. The molecule has 0 aromatic carbocycles. The van der Waals surface area contributed by atoms with Gasteiger partial charge in [-0.1, -0.05) is 19.1 Å². The summed E-state index contributed by atoms with van der Waals surface area (Å²) in [7, 11) is 0. The summed E-state index contributed by atoms with van der Waals surface area (Å²) in [5, 5.41) is 0. The van der Waals surface area contributed by atoms with E-state index in [-0.39, 0.29) is 0 Å². The second-order valence-electron chi connectivity index (χ2n) is 10.4. The minimum absolute atomic E-state index is 0.311. The monoisotopic (exact) mass is 295 g/mol. The van der Waals surface area contributed by atoms with Gasteiger partial charge >= 0.3 is 0 Å². The van der Waals surface area contributed by atoms with Crippen molar-refractivity contribution in [2.24, 2.45) is 39.9 Å². The van der Waals surface area contributed by atoms with Crippen LogP contribution in [-0.4, -0.2) is 29.3 Å². The van der Waals surface area contributed by atoms with Crippen molar-refractivity contribution in [3.8, 4) is 0 Å². The Morgan fingerprint density at radius 2 is 2.09 bits per heavy atom. The molecule has 0 radical (unpaired) electrons. The zero-order valence-corrected chi connectivity index (χ0v) is 13.5. The first-order valence-electron chi connectivity index (χ1n) is 9.45. The van der Waals surface area contributed by atoms with Gasteiger partial charge in [0.15, 0.2) is 0 Å². The summed E-state index contributed by atoms with van der Waals surface area (Å²) < 4.78 is 0. The third-order valence-electron chi connectivity index (χ3n) is 9.94. The second kappa shape index (κ2) is 2.90. The molecule has 6 saturated carbocycles. The van der Waals surface area contributed by atoms with Crippen LogP contribution < -0.4 is 0 Å². The Morgan fingerprint density at radius 1 is 1.23 bits per heavy atom. The van der Waals surface area contributed by atoms with Crippen LogP contribution in [0.3, 0.4) is 0 Å². The lowest BCUT2D eigenvalue weighted by molar-refractivity contribution is -0.147. The first-order chi connectivity index (χ1) is 10.5. The molecule has 10 atom stereocenters. The van der Waals surface area contributed by atoms with Crippen LogP contribution >= 0.6 is 0 Å². The molecule has 116 valence electrons. The van der Waals surface area contributed by atoms with E-state index in [4.69, 9.17) is 0 Å². The smallest absolute Gasteiger partial charge is 0.134 e. The zero-order valence-electron chi connectivity index (χ0n) is 13.5. The quantitative estimate of drug-likeness (QED) is 0.640. The van der Waals surface area contributed by atoms with Gasteiger partial charge in [0.25, 0.3) is 0 Å². The molecular weight excluding hydrogens is 270 g/mol. The van der Waals surface area contributed by atoms with E-state index in [1.807, 2.05) is 0 Å². The maximum Gasteiger partial charge on any atom is 0.134 e. The Labute approximate surface area is 132 Å². The SMILES string of the molecule is C=C1CC23CC4C5C6(C)CC(=O)CC57C(C2CC1CC37)N4C6. The van der Waals surface area contributed by atoms with Crippen LogP contribution in [0, 0.1) is 39.9 Å². The second-order valence-corrected chi connectivity index (χ2v) is 10.4. The van der Waals surface area contributed by atoms with Gasteiger partial charge in [0, 0.05) is 36.9 Å². The molecule has 2 heteroatoms. The standard InChI is InChI=1S/C20H25NO/c1-10-5-19-8-14-16-18(2)6-12(22)7-20(16)15(19)4-11(10)3-13(19)17(20)21(14)9-18/h11,13-17H,1,3-9H2,2H3. The number of Topliss-reactive ketones (excluding diaryl/α,β-unsaturated/α-hetero) is 1. The van der Waals surface area contributed by atoms with Crippen LogP contribution in [0.5, 0.6) is 0 Å². The molecule has 0 N–H and O–H groups in total. The molecule has 0 aromatic rings. The fourth-order valence-electron chi connectivity index (χ4n) is 10.2. The highest BCUT2D eigenvalue weighted by atomic mass is 16.1. The largest absolute Gasteiger partial charge is 0.300 e. The molecule has 22 heavy (non-hydrogen) atoms. The highest BCUT2D eigenvalue weighted by molar-refractivity contribution is 5.82. The number of nitrogens with zero attached hydrogens (tertiary/aromatic N) is 1. The topological polar surface area (TPSA) is 20.3 Å². The average molecular weight is 295 g/mol. The molecule has 0 aromatic heterocycles. The normalized spacial score (nSPS) is 71.8. The van der Waals surface area contributed by atoms with Crippen LogP contribution in [0.1, 0.15) is 45.4 Å². The number of piperidine rings is 2. The van der Waals surface area contributed by atoms with E-state index in [1.165, 1.54) is 32.2 Å². The van der Waals surface area contributed by atoms with E-state index in [0.717, 1.165) is 48.6 Å². The highest BCUT2D eigenvalue weighted by Crippen LogP contribution is 2.86. The minimum Gasteiger partial charge on any atom is -0.300 e. The first-order valence-corrected chi connectivity index (χ1v) is 9.45. The van der Waals surface area contributed by atoms with Gasteiger partial charge in [-0.15, -0.1) is 0 Å². The van der Waals surface area contributed by atoms with E-state index in [0.29, 0.717) is 22.0 Å². The zero-order chi connectivity index (χ0) is 14.6. The van der Waals surface area contributed by atoms with Crippen molar-refractivity contribution in [2.45, 2.75) is 57.5 Å². The van der Waals surface area contributed by atoms with E-state index in [1.54, 1.807) is 5.57 Å². The lowest BCUT2D eigenvalue weighted by atomic mass is 9.41. The summed E-state index contributed by atoms with van der Waals surface area (Å²) in [6, 6.07) is 1.59. The van der Waals surface area contributed by atoms with E-state index >= 15 is 0 Å². The van der Waals surface area contributed by atoms with E-state index in [9.17, 15) is 4.79 Å². The number of allylic oxidation sites excluding steroid dienone is 1. The van der Waals surface area contributed by atoms with Gasteiger partial charge in [0.05, 0.1) is 0 Å². The fraction of sp³-hybridized carbons (Fsp3) is 0.850. The summed E-state index contributed by atoms with van der Waals surface area (Å²) >= 11 is 0. The number of carbonyl (C=O) groups excluding carboxylic acids is 1. The van der Waals surface area contributed by atoms with Gasteiger partial charge in [-0.05, 0) is 60.2 Å². The number of hydrogen-bond donors (Lipinski definition) is 0. The van der Waals surface area contributed by atoms with E-state index in [2.05, 4.69) is 18.4 Å². The Kier molecular flexibility index (Phi) is 1.56. The van der Waals surface area contributed by atoms with Crippen molar-refractivity contribution >= 4 is 5.78 Å². The molecule has 3 saturated heterocycles. The minimum atomic E-state index is 0.311. The summed E-state index contributed by atoms with van der Waals surface area (Å²) in [6.45, 7) is 8.14. The summed E-state index contributed by atoms with van der Waals surface area (Å²) in [6.07, 6.45) is 7.36. The van der Waals surface area contributed by atoms with Crippen LogP contribution in [0.4, 0.5) is 0 Å². The third kappa shape index (κ3) is 0.837. The predicted octanol–water partition coefficient (Wildman–Crippen LogP) is 3.03. The van der Waals surface area contributed by atoms with Crippen LogP contribution in [0.15, 0.2) is 12.2 Å². The molecule has 9 fully saturated rings. The lowest BCUT2D eigenvalue weighted by Crippen LogP contribution is -2.59. The van der Waals surface area contributed by atoms with Gasteiger partial charge in [0.2, 0.25) is 0 Å². The Balaban J connectivity index is 1.53. The average Bonchev–Trinajstić information content (AvgIpc) is 2.83. The summed E-state index contributed by atoms with van der Waals surface area (Å²) in [5.41, 5.74) is 2.84. The fourth-order valence-corrected chi connectivity index (χ4v) is 10.2. The number of carbonyl (C=O) groups is 1. The lowest BCUT2D eigenvalue weighted by Gasteiger charge is -2.62. The van der Waals surface area contributed by atoms with Gasteiger partial charge < -0.3 is 0 Å². The van der Waals surface area contributed by atoms with Crippen molar-refractivity contribution in [3.63, 3.8) is 0 Å². The van der Waals surface area contributed by atoms with Gasteiger partial charge in [-0.25, -0.2) is 0 Å². The highest BCUT2D eigenvalue weighted by Gasteiger charge is 2.87. The molecule has 10 unspecified atom stereocenters. The molecular formula is C20H25NO. The molecule has 9 rings (SSSR count). The molecule has 9 aliphatic rings. The van der Waals surface area contributed by atoms with Crippen LogP contribution in [0.2, 0.25) is 0 Å². The van der Waals surface area contributed by atoms with Crippen molar-refractivity contribution in [1.29, 1.82) is 0 Å². The van der Waals surface area contributed by atoms with Crippen molar-refractivity contribution in [3.05, 3.63) is 12.2 Å². The van der Waals surface area contributed by atoms with Crippen molar-refractivity contribution < 1.29 is 4.79 Å². The van der Waals surface area contributed by atoms with Gasteiger partial charge in [-0.2, -0.15) is 0 Å². The molecule has 3 heterocycles. The first kappa shape index (κ1) is 11.8. The third-order valence-corrected chi connectivity index (χ3v) is 9.94. The number of fused-ring (bicyclic) bond motifs is 1. The maximum atomic E-state index is 12.7. The molecule has 6 aliphatic carbocycles. The molecule has 0 amide bonds. The van der Waals surface area contributed by atoms with Gasteiger partial charge in [-0.3, -0.25) is 9.69 Å². The molecule has 2 spiro atoms. The molecule has 3 aliphatic heterocycles. The molecule has 2 nitrogen and oxygen atoms in total. The summed E-state index contributed by atoms with van der Waals surface area (Å²) in [4.78, 5) is 15.7. The van der Waals surface area contributed by atoms with Crippen LogP contribution in [0.25, 0.3) is 0 Å². The summed E-state index contributed by atoms with van der Waals surface area (Å²) in [5.74, 6) is 3.99. The number of rotatable bonds is 0. The van der Waals surface area contributed by atoms with Crippen molar-refractivity contribution in [2.75, 3.05) is 6.54 Å². The van der Waals surface area contributed by atoms with Crippen molar-refractivity contribution in [1.82, 2.24) is 4.90 Å². The number of ketones is 1. The van der Waals surface area contributed by atoms with Gasteiger partial charge in [0.1, 0.15) is 5.78 Å². The predicted molar refractivity (Wildman–Crippen MR) is 83.1 cm³/mol. The number of hydrogen-bond acceptors (Lipinski definition) is 2. The Hall–Kier alpha value is -0.630. The van der Waals surface area contributed by atoms with E-state index < -0.39 is 0 Å². The van der Waals surface area contributed by atoms with Crippen LogP contribution in [-0.2, 0) is 4.79 Å². The maximum absolute atomic E-state index is 12.7.